The van der Waals surface area contributed by atoms with Gasteiger partial charge in [0.2, 0.25) is 0 Å². The Kier molecular flexibility index (Phi) is 6.55. The van der Waals surface area contributed by atoms with Crippen molar-refractivity contribution in [2.75, 3.05) is 4.90 Å². The first-order valence-electron chi connectivity index (χ1n) is 19.9. The van der Waals surface area contributed by atoms with Crippen molar-refractivity contribution in [2.24, 2.45) is 23.7 Å². The van der Waals surface area contributed by atoms with Crippen LogP contribution in [0.5, 0.6) is 0 Å². The number of anilines is 3. The first kappa shape index (κ1) is 30.6. The van der Waals surface area contributed by atoms with Crippen molar-refractivity contribution in [3.8, 4) is 33.4 Å². The number of hydrogen-bond donors (Lipinski definition) is 0. The van der Waals surface area contributed by atoms with Gasteiger partial charge in [0.1, 0.15) is 11.2 Å². The molecule has 54 heavy (non-hydrogen) atoms. The molecule has 4 bridgehead atoms. The van der Waals surface area contributed by atoms with Gasteiger partial charge in [-0.25, -0.2) is 0 Å². The Morgan fingerprint density at radius 2 is 1.02 bits per heavy atom. The predicted octanol–water partition coefficient (Wildman–Crippen LogP) is 14.1. The standard InChI is InChI=1S/C52H41NO/c1-2-9-35(10-3-1)36-17-19-37(20-18-36)38-21-23-41(24-22-38)53(48-14-8-16-50-51(48)45-12-5-7-15-49(45)54-50)42-25-26-44-43-11-4-6-13-46(43)52(47(44)32-42)39-28-33-27-34(30-39)31-40(52)29-33/h1-26,32-34,39-40H,27-31H2. The summed E-state index contributed by atoms with van der Waals surface area (Å²) in [4.78, 5) is 2.50. The van der Waals surface area contributed by atoms with Gasteiger partial charge < -0.3 is 9.32 Å². The lowest BCUT2D eigenvalue weighted by Crippen LogP contribution is -2.55. The van der Waals surface area contributed by atoms with Gasteiger partial charge in [0, 0.05) is 22.2 Å². The van der Waals surface area contributed by atoms with E-state index in [0.717, 1.165) is 45.1 Å². The SMILES string of the molecule is c1ccc(-c2ccc(-c3ccc(N(c4ccc5c(c4)C4(c6ccccc6-5)C5CC6CC(C5)CC4C6)c4cccc5oc6ccccc6c45)cc3)cc2)cc1. The highest BCUT2D eigenvalue weighted by molar-refractivity contribution is 6.13. The van der Waals surface area contributed by atoms with Gasteiger partial charge in [0.05, 0.1) is 11.1 Å². The highest BCUT2D eigenvalue weighted by Gasteiger charge is 2.61. The van der Waals surface area contributed by atoms with Gasteiger partial charge in [-0.2, -0.15) is 0 Å². The summed E-state index contributed by atoms with van der Waals surface area (Å²) in [5.74, 6) is 3.26. The van der Waals surface area contributed by atoms with Crippen molar-refractivity contribution in [2.45, 2.75) is 37.5 Å². The fourth-order valence-electron chi connectivity index (χ4n) is 11.9. The van der Waals surface area contributed by atoms with Crippen molar-refractivity contribution >= 4 is 39.0 Å². The van der Waals surface area contributed by atoms with Crippen molar-refractivity contribution in [1.82, 2.24) is 0 Å². The zero-order valence-corrected chi connectivity index (χ0v) is 30.3. The van der Waals surface area contributed by atoms with E-state index < -0.39 is 0 Å². The average Bonchev–Trinajstić information content (AvgIpc) is 3.75. The Balaban J connectivity index is 1.03. The molecule has 5 aliphatic carbocycles. The normalized spacial score (nSPS) is 23.3. The van der Waals surface area contributed by atoms with Gasteiger partial charge in [-0.05, 0) is 143 Å². The second-order valence-electron chi connectivity index (χ2n) is 16.5. The summed E-state index contributed by atoms with van der Waals surface area (Å²) >= 11 is 0. The molecule has 0 unspecified atom stereocenters. The summed E-state index contributed by atoms with van der Waals surface area (Å²) < 4.78 is 6.48. The van der Waals surface area contributed by atoms with Crippen LogP contribution in [0, 0.1) is 23.7 Å². The zero-order valence-electron chi connectivity index (χ0n) is 30.3. The van der Waals surface area contributed by atoms with Crippen LogP contribution in [-0.4, -0.2) is 0 Å². The fourth-order valence-corrected chi connectivity index (χ4v) is 11.9. The summed E-state index contributed by atoms with van der Waals surface area (Å²) in [7, 11) is 0. The van der Waals surface area contributed by atoms with Crippen LogP contribution < -0.4 is 4.90 Å². The van der Waals surface area contributed by atoms with Crippen LogP contribution in [-0.2, 0) is 5.41 Å². The molecule has 1 spiro atoms. The summed E-state index contributed by atoms with van der Waals surface area (Å²) in [6.45, 7) is 0. The minimum absolute atomic E-state index is 0.102. The van der Waals surface area contributed by atoms with E-state index >= 15 is 0 Å². The van der Waals surface area contributed by atoms with E-state index in [1.165, 1.54) is 71.2 Å². The molecule has 8 aromatic rings. The number of benzene rings is 7. The van der Waals surface area contributed by atoms with Crippen molar-refractivity contribution in [1.29, 1.82) is 0 Å². The van der Waals surface area contributed by atoms with E-state index in [-0.39, 0.29) is 5.41 Å². The molecule has 260 valence electrons. The van der Waals surface area contributed by atoms with Crippen molar-refractivity contribution < 1.29 is 4.42 Å². The number of fused-ring (bicyclic) bond motifs is 6. The van der Waals surface area contributed by atoms with Crippen LogP contribution in [0.4, 0.5) is 17.1 Å². The van der Waals surface area contributed by atoms with Gasteiger partial charge >= 0.3 is 0 Å². The highest BCUT2D eigenvalue weighted by atomic mass is 16.3. The molecule has 0 amide bonds. The molecule has 0 atom stereocenters. The number of furan rings is 1. The predicted molar refractivity (Wildman–Crippen MR) is 223 cm³/mol. The minimum atomic E-state index is 0.102. The van der Waals surface area contributed by atoms with E-state index in [1.54, 1.807) is 11.1 Å². The van der Waals surface area contributed by atoms with Crippen LogP contribution in [0.1, 0.15) is 43.2 Å². The Morgan fingerprint density at radius 1 is 0.444 bits per heavy atom. The largest absolute Gasteiger partial charge is 0.456 e. The molecule has 0 N–H and O–H groups in total. The quantitative estimate of drug-likeness (QED) is 0.178. The molecule has 7 aromatic carbocycles. The van der Waals surface area contributed by atoms with Crippen LogP contribution in [0.15, 0.2) is 168 Å². The minimum Gasteiger partial charge on any atom is -0.456 e. The lowest BCUT2D eigenvalue weighted by atomic mass is 9.43. The Labute approximate surface area is 316 Å². The lowest BCUT2D eigenvalue weighted by molar-refractivity contribution is -0.0399. The molecule has 2 heteroatoms. The molecular weight excluding hydrogens is 655 g/mol. The maximum Gasteiger partial charge on any atom is 0.137 e. The second-order valence-corrected chi connectivity index (χ2v) is 16.5. The zero-order chi connectivity index (χ0) is 35.4. The number of rotatable bonds is 5. The second kappa shape index (κ2) is 11.6. The van der Waals surface area contributed by atoms with Crippen LogP contribution >= 0.6 is 0 Å². The summed E-state index contributed by atoms with van der Waals surface area (Å²) in [6.07, 6.45) is 6.97. The van der Waals surface area contributed by atoms with E-state index in [2.05, 4.69) is 169 Å². The molecule has 2 nitrogen and oxygen atoms in total. The maximum atomic E-state index is 6.48. The first-order valence-corrected chi connectivity index (χ1v) is 19.9. The first-order chi connectivity index (χ1) is 26.7. The van der Waals surface area contributed by atoms with Gasteiger partial charge in [-0.15, -0.1) is 0 Å². The Bertz CT molecular complexity index is 2690. The van der Waals surface area contributed by atoms with E-state index in [4.69, 9.17) is 4.42 Å². The van der Waals surface area contributed by atoms with E-state index in [1.807, 2.05) is 0 Å². The van der Waals surface area contributed by atoms with Crippen LogP contribution in [0.3, 0.4) is 0 Å². The van der Waals surface area contributed by atoms with E-state index in [0.29, 0.717) is 11.8 Å². The molecule has 0 radical (unpaired) electrons. The fraction of sp³-hybridized carbons (Fsp3) is 0.192. The van der Waals surface area contributed by atoms with Gasteiger partial charge in [0.15, 0.2) is 0 Å². The molecule has 4 saturated carbocycles. The van der Waals surface area contributed by atoms with Crippen molar-refractivity contribution in [3.63, 3.8) is 0 Å². The number of hydrogen-bond acceptors (Lipinski definition) is 2. The molecular formula is C52H41NO. The summed E-state index contributed by atoms with van der Waals surface area (Å²) in [6, 6.07) is 60.7. The maximum absolute atomic E-state index is 6.48. The summed E-state index contributed by atoms with van der Waals surface area (Å²) in [5, 5.41) is 2.30. The number of para-hydroxylation sites is 1. The topological polar surface area (TPSA) is 16.4 Å². The van der Waals surface area contributed by atoms with Crippen LogP contribution in [0.25, 0.3) is 55.3 Å². The third-order valence-corrected chi connectivity index (χ3v) is 13.9. The Morgan fingerprint density at radius 3 is 1.76 bits per heavy atom. The van der Waals surface area contributed by atoms with Gasteiger partial charge in [-0.3, -0.25) is 0 Å². The third kappa shape index (κ3) is 4.34. The molecule has 0 aliphatic heterocycles. The molecule has 1 heterocycles. The lowest BCUT2D eigenvalue weighted by Gasteiger charge is -2.61. The Hall–Kier alpha value is -5.86. The van der Waals surface area contributed by atoms with Crippen LogP contribution in [0.2, 0.25) is 0 Å². The molecule has 1 aromatic heterocycles. The molecule has 13 rings (SSSR count). The van der Waals surface area contributed by atoms with Crippen molar-refractivity contribution in [3.05, 3.63) is 175 Å². The summed E-state index contributed by atoms with van der Waals surface area (Å²) in [5.41, 5.74) is 16.4. The molecule has 4 fully saturated rings. The average molecular weight is 696 g/mol. The van der Waals surface area contributed by atoms with Gasteiger partial charge in [0.25, 0.3) is 0 Å². The molecule has 0 saturated heterocycles. The smallest absolute Gasteiger partial charge is 0.137 e. The van der Waals surface area contributed by atoms with Gasteiger partial charge in [-0.1, -0.05) is 121 Å². The monoisotopic (exact) mass is 695 g/mol. The number of nitrogens with zero attached hydrogens (tertiary/aromatic N) is 1. The van der Waals surface area contributed by atoms with E-state index in [9.17, 15) is 0 Å². The third-order valence-electron chi connectivity index (χ3n) is 13.9. The highest BCUT2D eigenvalue weighted by Crippen LogP contribution is 2.69. The molecule has 5 aliphatic rings.